The summed E-state index contributed by atoms with van der Waals surface area (Å²) in [6.07, 6.45) is 0.714. The Bertz CT molecular complexity index is 717. The molecule has 2 rings (SSSR count). The highest BCUT2D eigenvalue weighted by atomic mass is 16.5. The summed E-state index contributed by atoms with van der Waals surface area (Å²) < 4.78 is 5.28. The Morgan fingerprint density at radius 1 is 1.23 bits per heavy atom. The molecule has 0 aliphatic rings. The minimum absolute atomic E-state index is 0.197. The van der Waals surface area contributed by atoms with Crippen LogP contribution in [0.3, 0.4) is 0 Å². The summed E-state index contributed by atoms with van der Waals surface area (Å²) in [5.41, 5.74) is 3.29. The predicted octanol–water partition coefficient (Wildman–Crippen LogP) is 1.37. The largest absolute Gasteiger partial charge is 0.496 e. The third kappa shape index (κ3) is 3.52. The van der Waals surface area contributed by atoms with Crippen molar-refractivity contribution < 1.29 is 9.53 Å². The number of methoxy groups -OCH3 is 1. The monoisotopic (exact) mass is 301 g/mol. The van der Waals surface area contributed by atoms with Crippen LogP contribution in [0.25, 0.3) is 0 Å². The molecule has 0 fully saturated rings. The van der Waals surface area contributed by atoms with Gasteiger partial charge in [-0.15, -0.1) is 0 Å². The maximum atomic E-state index is 11.9. The predicted molar refractivity (Wildman–Crippen MR) is 83.4 cm³/mol. The number of ether oxygens (including phenoxy) is 1. The zero-order valence-electron chi connectivity index (χ0n) is 12.9. The number of hydrogen-bond donors (Lipinski definition) is 2. The van der Waals surface area contributed by atoms with Crippen LogP contribution in [0.1, 0.15) is 27.2 Å². The number of aromatic nitrogens is 2. The number of benzene rings is 1. The van der Waals surface area contributed by atoms with E-state index in [4.69, 9.17) is 4.74 Å². The van der Waals surface area contributed by atoms with Crippen LogP contribution in [0.4, 0.5) is 0 Å². The molecular formula is C16H19N3O3. The maximum Gasteiger partial charge on any atom is 0.271 e. The second kappa shape index (κ2) is 6.89. The molecule has 1 aromatic heterocycles. The molecule has 116 valence electrons. The molecule has 0 unspecified atom stereocenters. The molecule has 0 aliphatic heterocycles. The Hall–Kier alpha value is -2.63. The van der Waals surface area contributed by atoms with E-state index in [1.54, 1.807) is 7.11 Å². The minimum atomic E-state index is -0.333. The van der Waals surface area contributed by atoms with Crippen molar-refractivity contribution in [2.24, 2.45) is 0 Å². The molecule has 22 heavy (non-hydrogen) atoms. The molecule has 6 nitrogen and oxygen atoms in total. The third-order valence-corrected chi connectivity index (χ3v) is 3.66. The molecule has 6 heteroatoms. The topological polar surface area (TPSA) is 84.1 Å². The molecule has 0 saturated heterocycles. The van der Waals surface area contributed by atoms with Crippen LogP contribution in [0.5, 0.6) is 5.75 Å². The lowest BCUT2D eigenvalue weighted by Crippen LogP contribution is -2.27. The molecule has 0 spiro atoms. The average Bonchev–Trinajstić information content (AvgIpc) is 2.52. The minimum Gasteiger partial charge on any atom is -0.496 e. The van der Waals surface area contributed by atoms with Gasteiger partial charge in [-0.05, 0) is 49.1 Å². The third-order valence-electron chi connectivity index (χ3n) is 3.66. The van der Waals surface area contributed by atoms with Gasteiger partial charge in [0.1, 0.15) is 11.4 Å². The first kappa shape index (κ1) is 15.8. The van der Waals surface area contributed by atoms with Crippen LogP contribution in [-0.4, -0.2) is 29.8 Å². The molecule has 2 aromatic rings. The first-order valence-corrected chi connectivity index (χ1v) is 7.00. The number of carbonyl (C=O) groups is 1. The molecule has 0 radical (unpaired) electrons. The number of aromatic amines is 1. The fourth-order valence-corrected chi connectivity index (χ4v) is 2.22. The van der Waals surface area contributed by atoms with E-state index in [9.17, 15) is 9.59 Å². The lowest BCUT2D eigenvalue weighted by Gasteiger charge is -2.12. The van der Waals surface area contributed by atoms with Crippen molar-refractivity contribution in [1.82, 2.24) is 15.5 Å². The van der Waals surface area contributed by atoms with Crippen molar-refractivity contribution in [3.63, 3.8) is 0 Å². The van der Waals surface area contributed by atoms with Crippen molar-refractivity contribution in [2.45, 2.75) is 20.3 Å². The van der Waals surface area contributed by atoms with Gasteiger partial charge < -0.3 is 10.1 Å². The smallest absolute Gasteiger partial charge is 0.271 e. The first-order valence-electron chi connectivity index (χ1n) is 7.00. The second-order valence-corrected chi connectivity index (χ2v) is 4.99. The molecule has 2 N–H and O–H groups in total. The quantitative estimate of drug-likeness (QED) is 0.873. The van der Waals surface area contributed by atoms with E-state index in [0.29, 0.717) is 13.0 Å². The number of carbonyl (C=O) groups excluding carboxylic acids is 1. The van der Waals surface area contributed by atoms with Gasteiger partial charge in [-0.1, -0.05) is 6.07 Å². The van der Waals surface area contributed by atoms with Crippen LogP contribution in [0, 0.1) is 13.8 Å². The highest BCUT2D eigenvalue weighted by Crippen LogP contribution is 2.23. The number of nitrogens with zero attached hydrogens (tertiary/aromatic N) is 1. The first-order chi connectivity index (χ1) is 10.5. The van der Waals surface area contributed by atoms with E-state index in [1.165, 1.54) is 12.1 Å². The molecule has 0 bridgehead atoms. The van der Waals surface area contributed by atoms with E-state index < -0.39 is 0 Å². The van der Waals surface area contributed by atoms with E-state index in [0.717, 1.165) is 22.4 Å². The van der Waals surface area contributed by atoms with Crippen LogP contribution < -0.4 is 15.6 Å². The number of rotatable bonds is 5. The molecule has 0 saturated carbocycles. The molecule has 0 aliphatic carbocycles. The van der Waals surface area contributed by atoms with Crippen molar-refractivity contribution in [3.8, 4) is 5.75 Å². The van der Waals surface area contributed by atoms with Gasteiger partial charge >= 0.3 is 0 Å². The molecule has 0 atom stereocenters. The standard InChI is InChI=1S/C16H19N3O3/c1-10-11(2)14(22-3)6-4-12(10)8-9-17-16(21)13-5-7-15(20)19-18-13/h4-7H,8-9H2,1-3H3,(H,17,21)(H,19,20). The molecule has 1 aromatic carbocycles. The van der Waals surface area contributed by atoms with Gasteiger partial charge in [-0.25, -0.2) is 5.10 Å². The Morgan fingerprint density at radius 3 is 2.64 bits per heavy atom. The van der Waals surface area contributed by atoms with Gasteiger partial charge in [0.2, 0.25) is 0 Å². The molecule has 1 amide bonds. The summed E-state index contributed by atoms with van der Waals surface area (Å²) in [6, 6.07) is 6.62. The summed E-state index contributed by atoms with van der Waals surface area (Å²) in [4.78, 5) is 22.8. The van der Waals surface area contributed by atoms with Crippen molar-refractivity contribution in [3.05, 3.63) is 57.0 Å². The summed E-state index contributed by atoms with van der Waals surface area (Å²) >= 11 is 0. The van der Waals surface area contributed by atoms with Gasteiger partial charge in [0.15, 0.2) is 0 Å². The van der Waals surface area contributed by atoms with Crippen molar-refractivity contribution in [1.29, 1.82) is 0 Å². The molecular weight excluding hydrogens is 282 g/mol. The lowest BCUT2D eigenvalue weighted by atomic mass is 10.00. The SMILES string of the molecule is COc1ccc(CCNC(=O)c2ccc(=O)[nH]n2)c(C)c1C. The summed E-state index contributed by atoms with van der Waals surface area (Å²) in [6.45, 7) is 4.55. The van der Waals surface area contributed by atoms with E-state index in [1.807, 2.05) is 26.0 Å². The van der Waals surface area contributed by atoms with Gasteiger partial charge in [-0.2, -0.15) is 5.10 Å². The van der Waals surface area contributed by atoms with Crippen LogP contribution >= 0.6 is 0 Å². The summed E-state index contributed by atoms with van der Waals surface area (Å²) in [5, 5.41) is 8.72. The van der Waals surface area contributed by atoms with Crippen LogP contribution in [0.15, 0.2) is 29.1 Å². The van der Waals surface area contributed by atoms with E-state index >= 15 is 0 Å². The summed E-state index contributed by atoms with van der Waals surface area (Å²) in [5.74, 6) is 0.557. The maximum absolute atomic E-state index is 11.9. The fourth-order valence-electron chi connectivity index (χ4n) is 2.22. The van der Waals surface area contributed by atoms with E-state index in [-0.39, 0.29) is 17.2 Å². The number of H-pyrrole nitrogens is 1. The Labute approximate surface area is 128 Å². The van der Waals surface area contributed by atoms with Gasteiger partial charge in [0.05, 0.1) is 7.11 Å². The summed E-state index contributed by atoms with van der Waals surface area (Å²) in [7, 11) is 1.65. The zero-order valence-corrected chi connectivity index (χ0v) is 12.9. The fraction of sp³-hybridized carbons (Fsp3) is 0.312. The van der Waals surface area contributed by atoms with E-state index in [2.05, 4.69) is 15.5 Å². The lowest BCUT2D eigenvalue weighted by molar-refractivity contribution is 0.0948. The number of nitrogens with one attached hydrogen (secondary N) is 2. The average molecular weight is 301 g/mol. The second-order valence-electron chi connectivity index (χ2n) is 4.99. The van der Waals surface area contributed by atoms with Crippen LogP contribution in [0.2, 0.25) is 0 Å². The highest BCUT2D eigenvalue weighted by molar-refractivity contribution is 5.91. The normalized spacial score (nSPS) is 10.3. The molecule has 1 heterocycles. The number of amides is 1. The Morgan fingerprint density at radius 2 is 2.00 bits per heavy atom. The van der Waals surface area contributed by atoms with Crippen molar-refractivity contribution in [2.75, 3.05) is 13.7 Å². The van der Waals surface area contributed by atoms with Gasteiger partial charge in [0, 0.05) is 12.6 Å². The van der Waals surface area contributed by atoms with Gasteiger partial charge in [-0.3, -0.25) is 9.59 Å². The van der Waals surface area contributed by atoms with Crippen LogP contribution in [-0.2, 0) is 6.42 Å². The zero-order chi connectivity index (χ0) is 16.1. The highest BCUT2D eigenvalue weighted by Gasteiger charge is 2.09. The van der Waals surface area contributed by atoms with Crippen molar-refractivity contribution >= 4 is 5.91 Å². The Balaban J connectivity index is 1.96. The van der Waals surface area contributed by atoms with Gasteiger partial charge in [0.25, 0.3) is 11.5 Å². The number of hydrogen-bond acceptors (Lipinski definition) is 4. The Kier molecular flexibility index (Phi) is 4.93.